The Morgan fingerprint density at radius 1 is 0.627 bits per heavy atom. The van der Waals surface area contributed by atoms with E-state index in [0.717, 1.165) is 24.3 Å². The largest absolute Gasteiger partial charge is 0.493 e. The van der Waals surface area contributed by atoms with E-state index in [1.54, 1.807) is 6.07 Å². The number of rotatable bonds is 16. The van der Waals surface area contributed by atoms with Crippen LogP contribution in [0.25, 0.3) is 0 Å². The maximum absolute atomic E-state index is 15.2. The first-order valence-electron chi connectivity index (χ1n) is 17.9. The molecule has 318 valence electrons. The molecule has 4 aromatic carbocycles. The summed E-state index contributed by atoms with van der Waals surface area (Å²) in [6.07, 6.45) is -13.5. The van der Waals surface area contributed by atoms with Gasteiger partial charge in [0.25, 0.3) is 11.2 Å². The summed E-state index contributed by atoms with van der Waals surface area (Å²) in [5.41, 5.74) is -7.97. The lowest BCUT2D eigenvalue weighted by Gasteiger charge is -2.36. The number of carbonyl (C=O) groups is 2. The van der Waals surface area contributed by atoms with Gasteiger partial charge in [-0.05, 0) is 35.4 Å². The molecule has 4 aromatic rings. The number of hydrogen-bond donors (Lipinski definition) is 0. The van der Waals surface area contributed by atoms with Gasteiger partial charge in [0.1, 0.15) is 6.10 Å². The van der Waals surface area contributed by atoms with Crippen molar-refractivity contribution in [1.29, 1.82) is 0 Å². The van der Waals surface area contributed by atoms with Crippen LogP contribution in [0.1, 0.15) is 34.5 Å². The summed E-state index contributed by atoms with van der Waals surface area (Å²) in [5.74, 6) is -5.30. The van der Waals surface area contributed by atoms with E-state index in [9.17, 15) is 22.8 Å². The molecule has 0 N–H and O–H groups in total. The quantitative estimate of drug-likeness (QED) is 0.0806. The molecule has 0 aliphatic carbocycles. The minimum atomic E-state index is -5.37. The van der Waals surface area contributed by atoms with Gasteiger partial charge in [-0.15, -0.1) is 0 Å². The van der Waals surface area contributed by atoms with Crippen molar-refractivity contribution in [2.45, 2.75) is 35.8 Å². The van der Waals surface area contributed by atoms with Crippen molar-refractivity contribution in [3.05, 3.63) is 119 Å². The highest BCUT2D eigenvalue weighted by Crippen LogP contribution is 2.51. The molecule has 11 nitrogen and oxygen atoms in total. The molecule has 1 aliphatic heterocycles. The average molecular weight is 837 g/mol. The SMILES string of the molecule is COc1ccc([C@H]2OC[C@H]([C@H](OC(=O)[C@](OC)(c3ccccc3)C(F)(F)F)c3ccc(OC)c(OC)c3)[C@@H]2COC(=O)[C@](OC)(c2ccccc2)C(F)(F)F)cc1OC. The number of hydrogen-bond acceptors (Lipinski definition) is 11. The Balaban J connectivity index is 1.67. The predicted molar refractivity (Wildman–Crippen MR) is 197 cm³/mol. The van der Waals surface area contributed by atoms with Crippen LogP contribution in [0.4, 0.5) is 26.3 Å². The van der Waals surface area contributed by atoms with Gasteiger partial charge in [0.2, 0.25) is 0 Å². The lowest BCUT2D eigenvalue weighted by atomic mass is 9.81. The number of benzene rings is 4. The predicted octanol–water partition coefficient (Wildman–Crippen LogP) is 8.06. The highest BCUT2D eigenvalue weighted by molar-refractivity contribution is 5.83. The third-order valence-electron chi connectivity index (χ3n) is 10.3. The van der Waals surface area contributed by atoms with E-state index in [1.165, 1.54) is 95.2 Å². The highest BCUT2D eigenvalue weighted by Gasteiger charge is 2.66. The molecule has 17 heteroatoms. The molecule has 0 bridgehead atoms. The Morgan fingerprint density at radius 3 is 1.58 bits per heavy atom. The normalized spacial score (nSPS) is 19.4. The third-order valence-corrected chi connectivity index (χ3v) is 10.3. The summed E-state index contributed by atoms with van der Waals surface area (Å²) in [6, 6.07) is 21.0. The van der Waals surface area contributed by atoms with Gasteiger partial charge in [0.15, 0.2) is 23.0 Å². The first kappa shape index (κ1) is 44.6. The van der Waals surface area contributed by atoms with Crippen LogP contribution in [0, 0.1) is 11.8 Å². The number of esters is 2. The van der Waals surface area contributed by atoms with Gasteiger partial charge in [-0.2, -0.15) is 26.3 Å². The van der Waals surface area contributed by atoms with Crippen LogP contribution in [-0.2, 0) is 44.5 Å². The number of carbonyl (C=O) groups excluding carboxylic acids is 2. The molecule has 5 rings (SSSR count). The van der Waals surface area contributed by atoms with Crippen LogP contribution in [0.5, 0.6) is 23.0 Å². The van der Waals surface area contributed by atoms with E-state index in [2.05, 4.69) is 0 Å². The van der Waals surface area contributed by atoms with E-state index >= 15 is 13.2 Å². The lowest BCUT2D eigenvalue weighted by Crippen LogP contribution is -2.52. The molecule has 0 radical (unpaired) electrons. The van der Waals surface area contributed by atoms with Crippen molar-refractivity contribution in [3.8, 4) is 23.0 Å². The molecule has 1 heterocycles. The third kappa shape index (κ3) is 8.36. The van der Waals surface area contributed by atoms with Gasteiger partial charge in [0.05, 0.1) is 47.8 Å². The number of ether oxygens (including phenoxy) is 9. The van der Waals surface area contributed by atoms with Crippen LogP contribution in [-0.4, -0.2) is 80.2 Å². The Kier molecular flexibility index (Phi) is 13.7. The Hall–Kier alpha value is -5.52. The maximum Gasteiger partial charge on any atom is 0.432 e. The summed E-state index contributed by atoms with van der Waals surface area (Å²) in [4.78, 5) is 28.1. The van der Waals surface area contributed by atoms with Crippen molar-refractivity contribution in [1.82, 2.24) is 0 Å². The van der Waals surface area contributed by atoms with E-state index < -0.39 is 77.3 Å². The van der Waals surface area contributed by atoms with Gasteiger partial charge in [-0.1, -0.05) is 72.8 Å². The van der Waals surface area contributed by atoms with E-state index in [1.807, 2.05) is 0 Å². The van der Waals surface area contributed by atoms with Crippen molar-refractivity contribution in [2.75, 3.05) is 55.9 Å². The van der Waals surface area contributed by atoms with Gasteiger partial charge in [-0.3, -0.25) is 0 Å². The van der Waals surface area contributed by atoms with Gasteiger partial charge in [0, 0.05) is 37.2 Å². The average Bonchev–Trinajstić information content (AvgIpc) is 3.65. The second kappa shape index (κ2) is 18.2. The van der Waals surface area contributed by atoms with Crippen molar-refractivity contribution in [2.24, 2.45) is 11.8 Å². The number of methoxy groups -OCH3 is 6. The molecular formula is C42H42F6O11. The number of halogens is 6. The van der Waals surface area contributed by atoms with Crippen LogP contribution >= 0.6 is 0 Å². The fraction of sp³-hybridized carbons (Fsp3) is 0.381. The molecule has 0 aromatic heterocycles. The molecule has 59 heavy (non-hydrogen) atoms. The van der Waals surface area contributed by atoms with Gasteiger partial charge in [-0.25, -0.2) is 9.59 Å². The monoisotopic (exact) mass is 836 g/mol. The highest BCUT2D eigenvalue weighted by atomic mass is 19.4. The van der Waals surface area contributed by atoms with Crippen molar-refractivity contribution < 1.29 is 78.6 Å². The summed E-state index contributed by atoms with van der Waals surface area (Å²) >= 11 is 0. The molecule has 6 atom stereocenters. The first-order chi connectivity index (χ1) is 28.1. The fourth-order valence-corrected chi connectivity index (χ4v) is 7.26. The molecular weight excluding hydrogens is 794 g/mol. The summed E-state index contributed by atoms with van der Waals surface area (Å²) in [7, 11) is 6.84. The second-order valence-electron chi connectivity index (χ2n) is 13.2. The van der Waals surface area contributed by atoms with Crippen LogP contribution in [0.2, 0.25) is 0 Å². The molecule has 0 saturated carbocycles. The van der Waals surface area contributed by atoms with E-state index in [-0.39, 0.29) is 29.4 Å². The topological polar surface area (TPSA) is 117 Å². The zero-order chi connectivity index (χ0) is 43.2. The maximum atomic E-state index is 15.2. The molecule has 1 fully saturated rings. The summed E-state index contributed by atoms with van der Waals surface area (Å²) in [6.45, 7) is -1.22. The Morgan fingerprint density at radius 2 is 1.10 bits per heavy atom. The van der Waals surface area contributed by atoms with Crippen molar-refractivity contribution in [3.63, 3.8) is 0 Å². The number of alkyl halides is 6. The zero-order valence-corrected chi connectivity index (χ0v) is 32.7. The minimum Gasteiger partial charge on any atom is -0.493 e. The van der Waals surface area contributed by atoms with Crippen LogP contribution in [0.3, 0.4) is 0 Å². The zero-order valence-electron chi connectivity index (χ0n) is 32.7. The summed E-state index contributed by atoms with van der Waals surface area (Å²) in [5, 5.41) is 0. The Labute approximate surface area is 336 Å². The van der Waals surface area contributed by atoms with E-state index in [4.69, 9.17) is 42.6 Å². The molecule has 1 aliphatic rings. The second-order valence-corrected chi connectivity index (χ2v) is 13.2. The molecule has 0 amide bonds. The van der Waals surface area contributed by atoms with Crippen LogP contribution in [0.15, 0.2) is 97.1 Å². The molecule has 1 saturated heterocycles. The van der Waals surface area contributed by atoms with Crippen LogP contribution < -0.4 is 18.9 Å². The lowest BCUT2D eigenvalue weighted by molar-refractivity contribution is -0.280. The smallest absolute Gasteiger partial charge is 0.432 e. The fourth-order valence-electron chi connectivity index (χ4n) is 7.26. The van der Waals surface area contributed by atoms with Gasteiger partial charge < -0.3 is 42.6 Å². The van der Waals surface area contributed by atoms with E-state index in [0.29, 0.717) is 25.5 Å². The summed E-state index contributed by atoms with van der Waals surface area (Å²) < 4.78 is 140. The molecule has 0 unspecified atom stereocenters. The Bertz CT molecular complexity index is 2050. The minimum absolute atomic E-state index is 0.0694. The first-order valence-corrected chi connectivity index (χ1v) is 17.9. The molecule has 0 spiro atoms. The van der Waals surface area contributed by atoms with Gasteiger partial charge >= 0.3 is 24.3 Å². The standard InChI is InChI=1S/C42H42F6O11/c1-51-31-19-17-25(21-33(31)53-3)35-29(24-58-37(49)39(55-5,41(43,44)45)27-13-9-7-10-14-27)30(23-57-35)36(26-18-20-32(52-2)34(22-26)54-4)59-38(50)40(56-6,42(46,47)48)28-15-11-8-12-16-28/h7-22,29-30,35-36H,23-24H2,1-6H3/t29-,30-,35+,36+,39+,40+/m0/s1. The van der Waals surface area contributed by atoms with Crippen molar-refractivity contribution >= 4 is 11.9 Å².